The van der Waals surface area contributed by atoms with Crippen molar-refractivity contribution in [1.82, 2.24) is 5.32 Å². The highest BCUT2D eigenvalue weighted by atomic mass is 19.1. The normalized spacial score (nSPS) is 31.9. The first-order valence-corrected chi connectivity index (χ1v) is 4.46. The molecular formula is C8H14FN3O2. The summed E-state index contributed by atoms with van der Waals surface area (Å²) in [6.07, 6.45) is 0.575. The number of alkyl halides is 1. The van der Waals surface area contributed by atoms with Crippen molar-refractivity contribution >= 4 is 12.4 Å². The number of hydrogen-bond donors (Lipinski definition) is 3. The number of halogens is 1. The summed E-state index contributed by atoms with van der Waals surface area (Å²) in [6.45, 7) is 0.258. The van der Waals surface area contributed by atoms with Crippen LogP contribution in [0.1, 0.15) is 25.7 Å². The summed E-state index contributed by atoms with van der Waals surface area (Å²) < 4.78 is 17.9. The highest BCUT2D eigenvalue weighted by Gasteiger charge is 2.38. The van der Waals surface area contributed by atoms with Crippen molar-refractivity contribution in [3.05, 3.63) is 0 Å². The van der Waals surface area contributed by atoms with Gasteiger partial charge in [0.1, 0.15) is 6.17 Å². The molecule has 80 valence electrons. The summed E-state index contributed by atoms with van der Waals surface area (Å²) in [4.78, 5) is 10.3. The Kier molecular flexibility index (Phi) is 3.27. The highest BCUT2D eigenvalue weighted by Crippen LogP contribution is 2.30. The minimum Gasteiger partial charge on any atom is -0.441 e. The van der Waals surface area contributed by atoms with Gasteiger partial charge in [-0.1, -0.05) is 0 Å². The molecule has 1 aliphatic carbocycles. The number of carbonyl (C=O) groups excluding carboxylic acids is 1. The van der Waals surface area contributed by atoms with E-state index in [-0.39, 0.29) is 18.9 Å². The molecule has 0 radical (unpaired) electrons. The van der Waals surface area contributed by atoms with Crippen LogP contribution in [0.15, 0.2) is 0 Å². The maximum Gasteiger partial charge on any atom is 0.295 e. The third-order valence-corrected chi connectivity index (χ3v) is 2.29. The van der Waals surface area contributed by atoms with Gasteiger partial charge >= 0.3 is 0 Å². The fraction of sp³-hybridized carbons (Fsp3) is 0.750. The van der Waals surface area contributed by atoms with Gasteiger partial charge in [-0.05, 0) is 12.8 Å². The molecule has 0 aromatic rings. The number of guanidine groups is 1. The molecule has 0 bridgehead atoms. The zero-order chi connectivity index (χ0) is 10.6. The summed E-state index contributed by atoms with van der Waals surface area (Å²) >= 11 is 0. The summed E-state index contributed by atoms with van der Waals surface area (Å²) in [5.41, 5.74) is 4.02. The average Bonchev–Trinajstić information content (AvgIpc) is 2.02. The zero-order valence-electron chi connectivity index (χ0n) is 7.75. The fourth-order valence-electron chi connectivity index (χ4n) is 1.76. The lowest BCUT2D eigenvalue weighted by Crippen LogP contribution is -2.55. The van der Waals surface area contributed by atoms with Crippen LogP contribution in [-0.2, 0) is 9.53 Å². The molecule has 1 fully saturated rings. The highest BCUT2D eigenvalue weighted by molar-refractivity contribution is 5.75. The van der Waals surface area contributed by atoms with Crippen LogP contribution in [0.4, 0.5) is 4.39 Å². The quantitative estimate of drug-likeness (QED) is 0.265. The van der Waals surface area contributed by atoms with Gasteiger partial charge in [-0.2, -0.15) is 0 Å². The number of hydrogen-bond acceptors (Lipinski definition) is 3. The second-order valence-electron chi connectivity index (χ2n) is 3.44. The largest absolute Gasteiger partial charge is 0.441 e. The van der Waals surface area contributed by atoms with Crippen LogP contribution in [0.5, 0.6) is 0 Å². The molecule has 5 nitrogen and oxygen atoms in total. The zero-order valence-corrected chi connectivity index (χ0v) is 7.75. The summed E-state index contributed by atoms with van der Waals surface area (Å²) in [7, 11) is 0. The number of rotatable bonds is 3. The van der Waals surface area contributed by atoms with E-state index in [0.29, 0.717) is 19.3 Å². The first-order chi connectivity index (χ1) is 6.58. The number of ether oxygens (including phenoxy) is 1. The minimum atomic E-state index is -1.12. The molecular weight excluding hydrogens is 189 g/mol. The van der Waals surface area contributed by atoms with Crippen LogP contribution in [-0.4, -0.2) is 24.3 Å². The van der Waals surface area contributed by atoms with Gasteiger partial charge in [-0.3, -0.25) is 10.2 Å². The van der Waals surface area contributed by atoms with Gasteiger partial charge in [-0.25, -0.2) is 4.39 Å². The Labute approximate surface area is 81.3 Å². The molecule has 1 saturated carbocycles. The van der Waals surface area contributed by atoms with Gasteiger partial charge in [0.25, 0.3) is 6.47 Å². The first kappa shape index (κ1) is 10.7. The molecule has 2 unspecified atom stereocenters. The van der Waals surface area contributed by atoms with Crippen molar-refractivity contribution in [3.8, 4) is 0 Å². The van der Waals surface area contributed by atoms with E-state index in [0.717, 1.165) is 0 Å². The van der Waals surface area contributed by atoms with E-state index in [1.807, 2.05) is 0 Å². The monoisotopic (exact) mass is 203 g/mol. The standard InChI is InChI=1S/C8H14FN3O2/c9-6-2-1-3-8(4-6,14-5-13)12-7(10)11/h5-6H,1-4H2,(H4,10,11,12). The molecule has 1 aliphatic rings. The van der Waals surface area contributed by atoms with E-state index < -0.39 is 11.9 Å². The molecule has 0 aliphatic heterocycles. The molecule has 6 heteroatoms. The number of nitrogens with one attached hydrogen (secondary N) is 2. The Balaban J connectivity index is 2.68. The van der Waals surface area contributed by atoms with Crippen molar-refractivity contribution in [2.45, 2.75) is 37.6 Å². The maximum absolute atomic E-state index is 13.1. The van der Waals surface area contributed by atoms with E-state index in [2.05, 4.69) is 5.32 Å². The van der Waals surface area contributed by atoms with E-state index in [1.165, 1.54) is 0 Å². The molecule has 0 saturated heterocycles. The molecule has 0 spiro atoms. The molecule has 0 heterocycles. The van der Waals surface area contributed by atoms with Gasteiger partial charge in [0.2, 0.25) is 0 Å². The van der Waals surface area contributed by atoms with Crippen LogP contribution < -0.4 is 11.1 Å². The molecule has 1 rings (SSSR count). The number of nitrogens with two attached hydrogens (primary N) is 1. The van der Waals surface area contributed by atoms with Crippen LogP contribution in [0.2, 0.25) is 0 Å². The molecule has 14 heavy (non-hydrogen) atoms. The van der Waals surface area contributed by atoms with Crippen molar-refractivity contribution in [1.29, 1.82) is 5.41 Å². The Morgan fingerprint density at radius 1 is 1.79 bits per heavy atom. The predicted octanol–water partition coefficient (Wildman–Crippen LogP) is 0.251. The van der Waals surface area contributed by atoms with E-state index in [4.69, 9.17) is 15.9 Å². The smallest absolute Gasteiger partial charge is 0.295 e. The van der Waals surface area contributed by atoms with Gasteiger partial charge < -0.3 is 15.8 Å². The van der Waals surface area contributed by atoms with E-state index in [9.17, 15) is 9.18 Å². The van der Waals surface area contributed by atoms with Crippen molar-refractivity contribution in [3.63, 3.8) is 0 Å². The van der Waals surface area contributed by atoms with Crippen LogP contribution in [0.25, 0.3) is 0 Å². The number of carbonyl (C=O) groups is 1. The first-order valence-electron chi connectivity index (χ1n) is 4.46. The molecule has 0 aromatic carbocycles. The Hall–Kier alpha value is -1.33. The van der Waals surface area contributed by atoms with Crippen LogP contribution in [0, 0.1) is 5.41 Å². The summed E-state index contributed by atoms with van der Waals surface area (Å²) in [6, 6.07) is 0. The predicted molar refractivity (Wildman–Crippen MR) is 48.3 cm³/mol. The van der Waals surface area contributed by atoms with Gasteiger partial charge in [0.15, 0.2) is 11.7 Å². The minimum absolute atomic E-state index is 0.0469. The second-order valence-corrected chi connectivity index (χ2v) is 3.44. The van der Waals surface area contributed by atoms with E-state index >= 15 is 0 Å². The van der Waals surface area contributed by atoms with Crippen LogP contribution >= 0.6 is 0 Å². The Morgan fingerprint density at radius 3 is 3.00 bits per heavy atom. The van der Waals surface area contributed by atoms with Crippen molar-refractivity contribution < 1.29 is 13.9 Å². The third-order valence-electron chi connectivity index (χ3n) is 2.29. The molecule has 2 atom stereocenters. The van der Waals surface area contributed by atoms with Gasteiger partial charge in [0, 0.05) is 12.8 Å². The lowest BCUT2D eigenvalue weighted by Gasteiger charge is -2.37. The third kappa shape index (κ3) is 2.58. The Bertz CT molecular complexity index is 237. The lowest BCUT2D eigenvalue weighted by molar-refractivity contribution is -0.151. The van der Waals surface area contributed by atoms with Gasteiger partial charge in [0.05, 0.1) is 0 Å². The topological polar surface area (TPSA) is 88.2 Å². The van der Waals surface area contributed by atoms with Crippen molar-refractivity contribution in [2.75, 3.05) is 0 Å². The summed E-state index contributed by atoms with van der Waals surface area (Å²) in [5.74, 6) is -0.319. The average molecular weight is 203 g/mol. The molecule has 0 aromatic heterocycles. The van der Waals surface area contributed by atoms with Crippen molar-refractivity contribution in [2.24, 2.45) is 5.73 Å². The SMILES string of the molecule is N=C(N)NC1(OC=O)CCCC(F)C1. The lowest BCUT2D eigenvalue weighted by atomic mass is 9.90. The van der Waals surface area contributed by atoms with Gasteiger partial charge in [-0.15, -0.1) is 0 Å². The second kappa shape index (κ2) is 4.26. The fourth-order valence-corrected chi connectivity index (χ4v) is 1.76. The molecule has 0 amide bonds. The van der Waals surface area contributed by atoms with Crippen LogP contribution in [0.3, 0.4) is 0 Å². The van der Waals surface area contributed by atoms with E-state index in [1.54, 1.807) is 0 Å². The summed E-state index contributed by atoms with van der Waals surface area (Å²) in [5, 5.41) is 9.54. The maximum atomic E-state index is 13.1. The Morgan fingerprint density at radius 2 is 2.50 bits per heavy atom. The molecule has 4 N–H and O–H groups in total.